The van der Waals surface area contributed by atoms with Gasteiger partial charge in [0.15, 0.2) is 0 Å². The van der Waals surface area contributed by atoms with Gasteiger partial charge in [0.2, 0.25) is 0 Å². The van der Waals surface area contributed by atoms with Crippen LogP contribution in [0.25, 0.3) is 0 Å². The maximum atomic E-state index is 11.9. The Balaban J connectivity index is 1.95. The minimum atomic E-state index is -0.621. The average Bonchev–Trinajstić information content (AvgIpc) is 2.87. The van der Waals surface area contributed by atoms with E-state index in [0.717, 1.165) is 0 Å². The topological polar surface area (TPSA) is 137 Å². The fraction of sp³-hybridized carbons (Fsp3) is 0.667. The molecule has 1 unspecified atom stereocenters. The summed E-state index contributed by atoms with van der Waals surface area (Å²) in [6.07, 6.45) is 0.500. The minimum Gasteiger partial charge on any atom is -0.463 e. The van der Waals surface area contributed by atoms with Gasteiger partial charge in [-0.2, -0.15) is 0 Å². The van der Waals surface area contributed by atoms with E-state index in [1.807, 2.05) is 0 Å². The molecule has 9 nitrogen and oxygen atoms in total. The molecule has 1 aromatic heterocycles. The largest absolute Gasteiger partial charge is 0.463 e. The molecular weight excluding hydrogens is 318 g/mol. The van der Waals surface area contributed by atoms with E-state index in [4.69, 9.17) is 20.3 Å². The van der Waals surface area contributed by atoms with Gasteiger partial charge in [-0.05, 0) is 20.3 Å². The van der Waals surface area contributed by atoms with E-state index in [-0.39, 0.29) is 13.0 Å². The Labute approximate surface area is 138 Å². The van der Waals surface area contributed by atoms with Gasteiger partial charge in [-0.25, -0.2) is 4.79 Å². The summed E-state index contributed by atoms with van der Waals surface area (Å²) in [4.78, 5) is 37.1. The first-order valence-electron chi connectivity index (χ1n) is 7.84. The van der Waals surface area contributed by atoms with Crippen LogP contribution < -0.4 is 17.0 Å². The van der Waals surface area contributed by atoms with E-state index in [9.17, 15) is 14.4 Å². The molecule has 0 aliphatic carbocycles. The van der Waals surface area contributed by atoms with Crippen LogP contribution >= 0.6 is 0 Å². The molecule has 1 aliphatic rings. The van der Waals surface area contributed by atoms with Gasteiger partial charge in [-0.1, -0.05) is 0 Å². The molecule has 0 bridgehead atoms. The molecule has 0 spiro atoms. The van der Waals surface area contributed by atoms with Crippen molar-refractivity contribution in [2.75, 3.05) is 6.61 Å². The summed E-state index contributed by atoms with van der Waals surface area (Å²) < 4.78 is 12.1. The second-order valence-corrected chi connectivity index (χ2v) is 6.08. The zero-order chi connectivity index (χ0) is 17.9. The number of hydrogen-bond acceptors (Lipinski definition) is 7. The number of aliphatic hydroxyl groups is 1. The van der Waals surface area contributed by atoms with Crippen LogP contribution in [0.5, 0.6) is 0 Å². The summed E-state index contributed by atoms with van der Waals surface area (Å²) in [7, 11) is 0. The number of nitrogens with zero attached hydrogens (tertiary/aromatic N) is 1. The van der Waals surface area contributed by atoms with Gasteiger partial charge in [-0.15, -0.1) is 0 Å². The van der Waals surface area contributed by atoms with Crippen LogP contribution in [0.4, 0.5) is 0 Å². The number of nitrogens with one attached hydrogen (secondary N) is 1. The Morgan fingerprint density at radius 2 is 2.29 bits per heavy atom. The Bertz CT molecular complexity index is 695. The lowest BCUT2D eigenvalue weighted by Crippen LogP contribution is -2.34. The number of hydrogen-bond donors (Lipinski definition) is 3. The number of carbonyl (C=O) groups is 1. The Morgan fingerprint density at radius 3 is 2.96 bits per heavy atom. The number of ether oxygens (including phenoxy) is 2. The number of rotatable bonds is 6. The Kier molecular flexibility index (Phi) is 5.92. The third kappa shape index (κ3) is 4.53. The molecule has 0 amide bonds. The van der Waals surface area contributed by atoms with Crippen LogP contribution in [0, 0.1) is 6.92 Å². The molecule has 2 rings (SSSR count). The van der Waals surface area contributed by atoms with Crippen molar-refractivity contribution in [2.24, 2.45) is 5.73 Å². The van der Waals surface area contributed by atoms with Crippen LogP contribution in [-0.4, -0.2) is 45.5 Å². The number of nitrogens with two attached hydrogens (primary N) is 1. The number of esters is 1. The molecule has 9 heteroatoms. The molecule has 1 fully saturated rings. The second kappa shape index (κ2) is 7.73. The molecule has 1 aliphatic heterocycles. The highest BCUT2D eigenvalue weighted by Gasteiger charge is 2.35. The third-order valence-corrected chi connectivity index (χ3v) is 3.91. The molecule has 0 saturated carbocycles. The lowest BCUT2D eigenvalue weighted by atomic mass is 10.1. The summed E-state index contributed by atoms with van der Waals surface area (Å²) in [5, 5.41) is 9.14. The smallest absolute Gasteiger partial charge is 0.330 e. The zero-order valence-corrected chi connectivity index (χ0v) is 13.7. The first kappa shape index (κ1) is 18.4. The van der Waals surface area contributed by atoms with Crippen LogP contribution in [-0.2, 0) is 14.3 Å². The van der Waals surface area contributed by atoms with Crippen LogP contribution in [0.1, 0.15) is 38.0 Å². The SMILES string of the molecule is Cc1cn([C@H]2C[C@H](N)[C@@H](COC(=O)CCC(C)O)O2)c(=O)[nH]c1=O. The van der Waals surface area contributed by atoms with Crippen molar-refractivity contribution in [2.45, 2.75) is 57.6 Å². The summed E-state index contributed by atoms with van der Waals surface area (Å²) in [5.41, 5.74) is 5.36. The molecule has 24 heavy (non-hydrogen) atoms. The quantitative estimate of drug-likeness (QED) is 0.574. The highest BCUT2D eigenvalue weighted by atomic mass is 16.6. The standard InChI is InChI=1S/C15H23N3O6/c1-8-6-18(15(22)17-14(8)21)12-5-10(16)11(24-12)7-23-13(20)4-3-9(2)19/h6,9-12,19H,3-5,7,16H2,1-2H3,(H,17,21,22)/t9?,10-,11+,12+/m0/s1. The van der Waals surface area contributed by atoms with E-state index in [1.54, 1.807) is 13.8 Å². The van der Waals surface area contributed by atoms with Crippen molar-refractivity contribution in [3.8, 4) is 0 Å². The van der Waals surface area contributed by atoms with E-state index in [1.165, 1.54) is 10.8 Å². The number of aromatic nitrogens is 2. The summed E-state index contributed by atoms with van der Waals surface area (Å²) in [6, 6.07) is -0.404. The van der Waals surface area contributed by atoms with Gasteiger partial charge in [0, 0.05) is 30.6 Å². The van der Waals surface area contributed by atoms with Crippen LogP contribution in [0.2, 0.25) is 0 Å². The molecule has 2 heterocycles. The monoisotopic (exact) mass is 341 g/mol. The molecule has 134 valence electrons. The van der Waals surface area contributed by atoms with Crippen molar-refractivity contribution in [1.82, 2.24) is 9.55 Å². The van der Waals surface area contributed by atoms with Gasteiger partial charge < -0.3 is 20.3 Å². The van der Waals surface area contributed by atoms with Crippen molar-refractivity contribution in [3.63, 3.8) is 0 Å². The third-order valence-electron chi connectivity index (χ3n) is 3.91. The maximum Gasteiger partial charge on any atom is 0.330 e. The molecule has 4 N–H and O–H groups in total. The number of H-pyrrole nitrogens is 1. The number of carbonyl (C=O) groups excluding carboxylic acids is 1. The summed E-state index contributed by atoms with van der Waals surface area (Å²) >= 11 is 0. The predicted molar refractivity (Wildman–Crippen MR) is 84.4 cm³/mol. The average molecular weight is 341 g/mol. The molecule has 0 aromatic carbocycles. The Hall–Kier alpha value is -1.97. The van der Waals surface area contributed by atoms with Gasteiger partial charge >= 0.3 is 11.7 Å². The van der Waals surface area contributed by atoms with Crippen LogP contribution in [0.15, 0.2) is 15.8 Å². The van der Waals surface area contributed by atoms with Crippen molar-refractivity contribution in [3.05, 3.63) is 32.6 Å². The molecule has 0 radical (unpaired) electrons. The van der Waals surface area contributed by atoms with Crippen LogP contribution in [0.3, 0.4) is 0 Å². The predicted octanol–water partition coefficient (Wildman–Crippen LogP) is -0.836. The normalized spacial score (nSPS) is 24.8. The van der Waals surface area contributed by atoms with Gasteiger partial charge in [-0.3, -0.25) is 19.1 Å². The van der Waals surface area contributed by atoms with Crippen molar-refractivity contribution >= 4 is 5.97 Å². The van der Waals surface area contributed by atoms with E-state index < -0.39 is 41.7 Å². The van der Waals surface area contributed by atoms with Gasteiger partial charge in [0.05, 0.1) is 6.10 Å². The molecule has 1 aromatic rings. The lowest BCUT2D eigenvalue weighted by Gasteiger charge is -2.17. The number of aliphatic hydroxyl groups excluding tert-OH is 1. The van der Waals surface area contributed by atoms with Gasteiger partial charge in [0.25, 0.3) is 5.56 Å². The molecule has 4 atom stereocenters. The van der Waals surface area contributed by atoms with Gasteiger partial charge in [0.1, 0.15) is 18.9 Å². The van der Waals surface area contributed by atoms with E-state index in [0.29, 0.717) is 18.4 Å². The second-order valence-electron chi connectivity index (χ2n) is 6.08. The summed E-state index contributed by atoms with van der Waals surface area (Å²) in [5.74, 6) is -0.438. The van der Waals surface area contributed by atoms with Crippen molar-refractivity contribution in [1.29, 1.82) is 0 Å². The highest BCUT2D eigenvalue weighted by molar-refractivity contribution is 5.69. The van der Waals surface area contributed by atoms with E-state index >= 15 is 0 Å². The minimum absolute atomic E-state index is 0.0204. The lowest BCUT2D eigenvalue weighted by molar-refractivity contribution is -0.149. The maximum absolute atomic E-state index is 11.9. The first-order valence-corrected chi connectivity index (χ1v) is 7.84. The Morgan fingerprint density at radius 1 is 1.58 bits per heavy atom. The fourth-order valence-corrected chi connectivity index (χ4v) is 2.46. The number of aromatic amines is 1. The van der Waals surface area contributed by atoms with Crippen molar-refractivity contribution < 1.29 is 19.4 Å². The zero-order valence-electron chi connectivity index (χ0n) is 13.7. The first-order chi connectivity index (χ1) is 11.3. The summed E-state index contributed by atoms with van der Waals surface area (Å²) in [6.45, 7) is 3.16. The highest BCUT2D eigenvalue weighted by Crippen LogP contribution is 2.26. The number of aryl methyl sites for hydroxylation is 1. The van der Waals surface area contributed by atoms with E-state index in [2.05, 4.69) is 4.98 Å². The fourth-order valence-electron chi connectivity index (χ4n) is 2.46. The molecular formula is C15H23N3O6. The molecule has 1 saturated heterocycles.